The summed E-state index contributed by atoms with van der Waals surface area (Å²) >= 11 is 2.29. The van der Waals surface area contributed by atoms with Crippen LogP contribution in [0.15, 0.2) is 42.5 Å². The van der Waals surface area contributed by atoms with Gasteiger partial charge in [-0.2, -0.15) is 5.26 Å². The number of benzene rings is 2. The second-order valence-electron chi connectivity index (χ2n) is 4.32. The van der Waals surface area contributed by atoms with E-state index in [2.05, 4.69) is 51.8 Å². The highest BCUT2D eigenvalue weighted by Crippen LogP contribution is 2.25. The first-order valence-corrected chi connectivity index (χ1v) is 6.89. The Morgan fingerprint density at radius 3 is 2.79 bits per heavy atom. The molecule has 0 aliphatic heterocycles. The maximum absolute atomic E-state index is 8.97. The second-order valence-corrected chi connectivity index (χ2v) is 5.57. The average Bonchev–Trinajstić information content (AvgIpc) is 2.76. The summed E-state index contributed by atoms with van der Waals surface area (Å²) in [7, 11) is 1.98. The van der Waals surface area contributed by atoms with E-state index in [0.29, 0.717) is 5.56 Å². The van der Waals surface area contributed by atoms with Crippen LogP contribution in [0.25, 0.3) is 22.4 Å². The molecule has 1 heterocycles. The van der Waals surface area contributed by atoms with E-state index in [4.69, 9.17) is 5.26 Å². The van der Waals surface area contributed by atoms with Gasteiger partial charge in [-0.3, -0.25) is 0 Å². The Balaban J connectivity index is 2.26. The van der Waals surface area contributed by atoms with E-state index in [1.165, 1.54) is 3.57 Å². The Kier molecular flexibility index (Phi) is 2.99. The van der Waals surface area contributed by atoms with Crippen molar-refractivity contribution >= 4 is 33.6 Å². The first-order chi connectivity index (χ1) is 9.19. The quantitative estimate of drug-likeness (QED) is 0.622. The molecule has 2 aromatic carbocycles. The van der Waals surface area contributed by atoms with Gasteiger partial charge in [0.25, 0.3) is 0 Å². The van der Waals surface area contributed by atoms with Gasteiger partial charge >= 0.3 is 0 Å². The molecule has 4 heteroatoms. The molecule has 0 atom stereocenters. The molecular weight excluding hydrogens is 349 g/mol. The van der Waals surface area contributed by atoms with Crippen LogP contribution in [-0.4, -0.2) is 9.55 Å². The van der Waals surface area contributed by atoms with Crippen molar-refractivity contribution in [2.45, 2.75) is 0 Å². The van der Waals surface area contributed by atoms with E-state index in [-0.39, 0.29) is 0 Å². The van der Waals surface area contributed by atoms with E-state index >= 15 is 0 Å². The SMILES string of the molecule is Cn1c(-c2cccc(I)c2)nc2ccc(C#N)cc21. The molecule has 92 valence electrons. The van der Waals surface area contributed by atoms with Crippen LogP contribution in [0.3, 0.4) is 0 Å². The van der Waals surface area contributed by atoms with Gasteiger partial charge < -0.3 is 4.57 Å². The smallest absolute Gasteiger partial charge is 0.140 e. The van der Waals surface area contributed by atoms with Crippen molar-refractivity contribution in [2.75, 3.05) is 0 Å². The molecule has 0 aliphatic carbocycles. The summed E-state index contributed by atoms with van der Waals surface area (Å²) < 4.78 is 3.21. The Bertz CT molecular complexity index is 812. The van der Waals surface area contributed by atoms with E-state index < -0.39 is 0 Å². The molecule has 0 fully saturated rings. The maximum atomic E-state index is 8.97. The van der Waals surface area contributed by atoms with Crippen molar-refractivity contribution in [1.29, 1.82) is 5.26 Å². The van der Waals surface area contributed by atoms with Crippen LogP contribution >= 0.6 is 22.6 Å². The second kappa shape index (κ2) is 4.67. The van der Waals surface area contributed by atoms with Gasteiger partial charge in [-0.05, 0) is 52.9 Å². The molecule has 0 radical (unpaired) electrons. The normalized spacial score (nSPS) is 10.6. The highest BCUT2D eigenvalue weighted by Gasteiger charge is 2.10. The van der Waals surface area contributed by atoms with Gasteiger partial charge in [-0.25, -0.2) is 4.98 Å². The minimum Gasteiger partial charge on any atom is -0.327 e. The summed E-state index contributed by atoms with van der Waals surface area (Å²) in [5.74, 6) is 0.920. The summed E-state index contributed by atoms with van der Waals surface area (Å²) in [6, 6.07) is 16.0. The van der Waals surface area contributed by atoms with Crippen LogP contribution in [0.1, 0.15) is 5.56 Å². The Morgan fingerprint density at radius 1 is 1.21 bits per heavy atom. The van der Waals surface area contributed by atoms with Crippen molar-refractivity contribution in [1.82, 2.24) is 9.55 Å². The summed E-state index contributed by atoms with van der Waals surface area (Å²) in [6.45, 7) is 0. The van der Waals surface area contributed by atoms with Gasteiger partial charge in [0.15, 0.2) is 0 Å². The van der Waals surface area contributed by atoms with Crippen LogP contribution in [0.5, 0.6) is 0 Å². The van der Waals surface area contributed by atoms with Crippen LogP contribution < -0.4 is 0 Å². The predicted molar refractivity (Wildman–Crippen MR) is 83.6 cm³/mol. The Morgan fingerprint density at radius 2 is 2.05 bits per heavy atom. The molecule has 0 saturated heterocycles. The largest absolute Gasteiger partial charge is 0.327 e. The summed E-state index contributed by atoms with van der Waals surface area (Å²) in [6.07, 6.45) is 0. The molecule has 0 saturated carbocycles. The molecule has 3 nitrogen and oxygen atoms in total. The fraction of sp³-hybridized carbons (Fsp3) is 0.0667. The monoisotopic (exact) mass is 359 g/mol. The highest BCUT2D eigenvalue weighted by molar-refractivity contribution is 14.1. The van der Waals surface area contributed by atoms with Crippen molar-refractivity contribution in [3.8, 4) is 17.5 Å². The molecule has 19 heavy (non-hydrogen) atoms. The average molecular weight is 359 g/mol. The molecular formula is C15H10IN3. The fourth-order valence-electron chi connectivity index (χ4n) is 2.15. The maximum Gasteiger partial charge on any atom is 0.140 e. The molecule has 0 bridgehead atoms. The molecule has 3 rings (SSSR count). The van der Waals surface area contributed by atoms with Crippen LogP contribution in [0, 0.1) is 14.9 Å². The van der Waals surface area contributed by atoms with Crippen molar-refractivity contribution in [3.05, 3.63) is 51.6 Å². The topological polar surface area (TPSA) is 41.6 Å². The van der Waals surface area contributed by atoms with E-state index in [9.17, 15) is 0 Å². The van der Waals surface area contributed by atoms with Gasteiger partial charge in [-0.15, -0.1) is 0 Å². The molecule has 0 amide bonds. The molecule has 0 unspecified atom stereocenters. The number of imidazole rings is 1. The lowest BCUT2D eigenvalue weighted by atomic mass is 10.2. The number of halogens is 1. The number of nitrogens with zero attached hydrogens (tertiary/aromatic N) is 3. The molecule has 1 aromatic heterocycles. The fourth-order valence-corrected chi connectivity index (χ4v) is 2.69. The lowest BCUT2D eigenvalue weighted by Gasteiger charge is -2.02. The van der Waals surface area contributed by atoms with E-state index in [0.717, 1.165) is 22.4 Å². The third kappa shape index (κ3) is 2.10. The van der Waals surface area contributed by atoms with Gasteiger partial charge in [-0.1, -0.05) is 12.1 Å². The third-order valence-corrected chi connectivity index (χ3v) is 3.76. The van der Waals surface area contributed by atoms with Crippen LogP contribution in [-0.2, 0) is 7.05 Å². The zero-order valence-corrected chi connectivity index (χ0v) is 12.4. The number of hydrogen-bond donors (Lipinski definition) is 0. The number of nitriles is 1. The predicted octanol–water partition coefficient (Wildman–Crippen LogP) is 3.72. The van der Waals surface area contributed by atoms with Gasteiger partial charge in [0.2, 0.25) is 0 Å². The number of hydrogen-bond acceptors (Lipinski definition) is 2. The lowest BCUT2D eigenvalue weighted by molar-refractivity contribution is 0.959. The van der Waals surface area contributed by atoms with Crippen LogP contribution in [0.2, 0.25) is 0 Å². The first kappa shape index (κ1) is 12.2. The Hall–Kier alpha value is -1.87. The number of aromatic nitrogens is 2. The standard InChI is InChI=1S/C15H10IN3/c1-19-14-7-10(9-17)5-6-13(14)18-15(19)11-3-2-4-12(16)8-11/h2-8H,1H3. The minimum atomic E-state index is 0.657. The lowest BCUT2D eigenvalue weighted by Crippen LogP contribution is -1.92. The zero-order valence-electron chi connectivity index (χ0n) is 10.3. The van der Waals surface area contributed by atoms with Gasteiger partial charge in [0.1, 0.15) is 5.82 Å². The van der Waals surface area contributed by atoms with Crippen molar-refractivity contribution in [2.24, 2.45) is 7.05 Å². The Labute approximate surface area is 124 Å². The van der Waals surface area contributed by atoms with E-state index in [1.54, 1.807) is 6.07 Å². The minimum absolute atomic E-state index is 0.657. The van der Waals surface area contributed by atoms with Crippen molar-refractivity contribution in [3.63, 3.8) is 0 Å². The third-order valence-electron chi connectivity index (χ3n) is 3.09. The molecule has 3 aromatic rings. The zero-order chi connectivity index (χ0) is 13.4. The van der Waals surface area contributed by atoms with Gasteiger partial charge in [0, 0.05) is 16.2 Å². The highest BCUT2D eigenvalue weighted by atomic mass is 127. The van der Waals surface area contributed by atoms with E-state index in [1.807, 2.05) is 29.8 Å². The molecule has 0 N–H and O–H groups in total. The summed E-state index contributed by atoms with van der Waals surface area (Å²) in [5.41, 5.74) is 3.64. The number of rotatable bonds is 1. The number of aryl methyl sites for hydroxylation is 1. The molecule has 0 aliphatic rings. The van der Waals surface area contributed by atoms with Crippen LogP contribution in [0.4, 0.5) is 0 Å². The van der Waals surface area contributed by atoms with Crippen molar-refractivity contribution < 1.29 is 0 Å². The molecule has 0 spiro atoms. The summed E-state index contributed by atoms with van der Waals surface area (Å²) in [4.78, 5) is 4.65. The number of fused-ring (bicyclic) bond motifs is 1. The first-order valence-electron chi connectivity index (χ1n) is 5.81. The van der Waals surface area contributed by atoms with Gasteiger partial charge in [0.05, 0.1) is 22.7 Å². The summed E-state index contributed by atoms with van der Waals surface area (Å²) in [5, 5.41) is 8.97.